The Kier molecular flexibility index (Phi) is 6.01. The number of amides is 2. The van der Waals surface area contributed by atoms with E-state index in [2.05, 4.69) is 21.9 Å². The van der Waals surface area contributed by atoms with E-state index in [1.165, 1.54) is 26.5 Å². The van der Waals surface area contributed by atoms with E-state index >= 15 is 8.78 Å². The molecule has 2 aliphatic carbocycles. The highest BCUT2D eigenvalue weighted by Gasteiger charge is 2.59. The topological polar surface area (TPSA) is 103 Å². The lowest BCUT2D eigenvalue weighted by molar-refractivity contribution is -0.122. The summed E-state index contributed by atoms with van der Waals surface area (Å²) in [6.45, 7) is 3.35. The Morgan fingerprint density at radius 2 is 1.92 bits per heavy atom. The second kappa shape index (κ2) is 9.03. The summed E-state index contributed by atoms with van der Waals surface area (Å²) < 4.78 is 46.5. The molecular weight excluding hydrogens is 474 g/mol. The van der Waals surface area contributed by atoms with Gasteiger partial charge in [0.15, 0.2) is 23.1 Å². The molecule has 3 aliphatic rings. The standard InChI is InChI=1S/C25H26F2N4O5/c1-4-18(32)29-14-6-5-7-15(14)36-24-28-11-13-12-31(23(33)25(8-9-25)22(13)30-24)21-19(26)16(34-2)10-17(35-3)20(21)27/h4,10-11,14-15H,1,5-9,12H2,2-3H3,(H,29,32)/t14?,15-/m1/s1. The summed E-state index contributed by atoms with van der Waals surface area (Å²) in [5.41, 5.74) is -0.451. The number of hydrogen-bond donors (Lipinski definition) is 1. The molecule has 9 nitrogen and oxygen atoms in total. The molecule has 0 saturated heterocycles. The maximum atomic E-state index is 15.2. The molecule has 2 fully saturated rings. The number of aromatic nitrogens is 2. The molecule has 1 unspecified atom stereocenters. The van der Waals surface area contributed by atoms with Crippen LogP contribution in [-0.2, 0) is 21.5 Å². The lowest BCUT2D eigenvalue weighted by Crippen LogP contribution is -2.45. The van der Waals surface area contributed by atoms with Crippen molar-refractivity contribution >= 4 is 17.5 Å². The van der Waals surface area contributed by atoms with Crippen molar-refractivity contribution in [1.82, 2.24) is 15.3 Å². The van der Waals surface area contributed by atoms with Gasteiger partial charge in [-0.05, 0) is 38.2 Å². The first-order valence-corrected chi connectivity index (χ1v) is 11.7. The number of halogens is 2. The van der Waals surface area contributed by atoms with Crippen LogP contribution < -0.4 is 24.4 Å². The largest absolute Gasteiger partial charge is 0.493 e. The quantitative estimate of drug-likeness (QED) is 0.583. The van der Waals surface area contributed by atoms with Gasteiger partial charge >= 0.3 is 6.01 Å². The van der Waals surface area contributed by atoms with Crippen molar-refractivity contribution in [2.45, 2.75) is 56.2 Å². The van der Waals surface area contributed by atoms with Crippen LogP contribution in [-0.4, -0.2) is 48.1 Å². The average Bonchev–Trinajstić information content (AvgIpc) is 3.57. The molecule has 36 heavy (non-hydrogen) atoms. The van der Waals surface area contributed by atoms with Crippen LogP contribution in [0.4, 0.5) is 14.5 Å². The smallest absolute Gasteiger partial charge is 0.316 e. The van der Waals surface area contributed by atoms with E-state index in [-0.39, 0.29) is 42.1 Å². The zero-order valence-electron chi connectivity index (χ0n) is 20.0. The Labute approximate surface area is 206 Å². The third-order valence-electron chi connectivity index (χ3n) is 7.07. The molecule has 2 heterocycles. The van der Waals surface area contributed by atoms with E-state index in [9.17, 15) is 9.59 Å². The minimum Gasteiger partial charge on any atom is -0.493 e. The van der Waals surface area contributed by atoms with Gasteiger partial charge in [-0.3, -0.25) is 9.59 Å². The summed E-state index contributed by atoms with van der Waals surface area (Å²) in [6, 6.07) is 1.01. The van der Waals surface area contributed by atoms with Crippen molar-refractivity contribution in [1.29, 1.82) is 0 Å². The van der Waals surface area contributed by atoms with Crippen molar-refractivity contribution in [3.63, 3.8) is 0 Å². The number of carbonyl (C=O) groups is 2. The number of nitrogens with zero attached hydrogens (tertiary/aromatic N) is 3. The maximum absolute atomic E-state index is 15.2. The summed E-state index contributed by atoms with van der Waals surface area (Å²) in [5, 5.41) is 2.86. The number of ether oxygens (including phenoxy) is 3. The van der Waals surface area contributed by atoms with Gasteiger partial charge in [0.1, 0.15) is 11.8 Å². The number of hydrogen-bond acceptors (Lipinski definition) is 7. The highest BCUT2D eigenvalue weighted by atomic mass is 19.1. The zero-order chi connectivity index (χ0) is 25.6. The highest BCUT2D eigenvalue weighted by molar-refractivity contribution is 6.05. The molecule has 1 aromatic carbocycles. The van der Waals surface area contributed by atoms with Crippen LogP contribution >= 0.6 is 0 Å². The van der Waals surface area contributed by atoms with E-state index in [0.29, 0.717) is 24.1 Å². The first-order valence-electron chi connectivity index (χ1n) is 11.7. The second-order valence-corrected chi connectivity index (χ2v) is 9.16. The van der Waals surface area contributed by atoms with Gasteiger partial charge < -0.3 is 24.4 Å². The van der Waals surface area contributed by atoms with Gasteiger partial charge in [-0.2, -0.15) is 4.98 Å². The SMILES string of the molecule is C=CC(=O)NC1CCC[C@H]1Oc1ncc2c(n1)C1(CC1)C(=O)N(c1c(F)c(OC)cc(OC)c1F)C2. The van der Waals surface area contributed by atoms with Gasteiger partial charge in [0.05, 0.1) is 37.9 Å². The van der Waals surface area contributed by atoms with E-state index in [0.717, 1.165) is 30.2 Å². The number of nitrogens with one attached hydrogen (secondary N) is 1. The van der Waals surface area contributed by atoms with Crippen LogP contribution in [0.3, 0.4) is 0 Å². The molecule has 2 aromatic rings. The fraction of sp³-hybridized carbons (Fsp3) is 0.440. The van der Waals surface area contributed by atoms with E-state index in [4.69, 9.17) is 14.2 Å². The summed E-state index contributed by atoms with van der Waals surface area (Å²) in [4.78, 5) is 35.3. The van der Waals surface area contributed by atoms with Gasteiger partial charge in [-0.1, -0.05) is 6.58 Å². The molecule has 2 amide bonds. The number of carbonyl (C=O) groups excluding carboxylic acids is 2. The summed E-state index contributed by atoms with van der Waals surface area (Å²) in [7, 11) is 2.50. The van der Waals surface area contributed by atoms with Gasteiger partial charge in [-0.15, -0.1) is 0 Å². The fourth-order valence-corrected chi connectivity index (χ4v) is 5.05. The van der Waals surface area contributed by atoms with Gasteiger partial charge in [-0.25, -0.2) is 13.8 Å². The summed E-state index contributed by atoms with van der Waals surface area (Å²) in [5.74, 6) is -3.18. The van der Waals surface area contributed by atoms with Crippen LogP contribution in [0.1, 0.15) is 43.4 Å². The maximum Gasteiger partial charge on any atom is 0.316 e. The first-order chi connectivity index (χ1) is 17.3. The number of methoxy groups -OCH3 is 2. The Bertz CT molecular complexity index is 1220. The summed E-state index contributed by atoms with van der Waals surface area (Å²) >= 11 is 0. The fourth-order valence-electron chi connectivity index (χ4n) is 5.05. The Balaban J connectivity index is 1.47. The number of benzene rings is 1. The van der Waals surface area contributed by atoms with Crippen molar-refractivity contribution in [3.05, 3.63) is 47.8 Å². The van der Waals surface area contributed by atoms with E-state index < -0.39 is 28.6 Å². The Morgan fingerprint density at radius 3 is 2.53 bits per heavy atom. The monoisotopic (exact) mass is 500 g/mol. The van der Waals surface area contributed by atoms with Crippen LogP contribution in [0.2, 0.25) is 0 Å². The molecule has 0 bridgehead atoms. The molecule has 2 atom stereocenters. The van der Waals surface area contributed by atoms with Crippen molar-refractivity contribution in [2.24, 2.45) is 0 Å². The van der Waals surface area contributed by atoms with E-state index in [1.807, 2.05) is 0 Å². The molecule has 190 valence electrons. The Hall–Kier alpha value is -3.76. The normalized spacial score (nSPS) is 21.7. The second-order valence-electron chi connectivity index (χ2n) is 9.16. The van der Waals surface area contributed by atoms with Crippen LogP contribution in [0.15, 0.2) is 24.9 Å². The predicted molar refractivity (Wildman–Crippen MR) is 124 cm³/mol. The third kappa shape index (κ3) is 3.82. The molecule has 0 radical (unpaired) electrons. The van der Waals surface area contributed by atoms with Crippen LogP contribution in [0.5, 0.6) is 17.5 Å². The number of fused-ring (bicyclic) bond motifs is 2. The van der Waals surface area contributed by atoms with Crippen molar-refractivity contribution in [2.75, 3.05) is 19.1 Å². The van der Waals surface area contributed by atoms with Crippen LogP contribution in [0, 0.1) is 11.6 Å². The molecule has 1 aliphatic heterocycles. The molecule has 2 saturated carbocycles. The minimum atomic E-state index is -1.00. The van der Waals surface area contributed by atoms with Gasteiger partial charge in [0.25, 0.3) is 0 Å². The lowest BCUT2D eigenvalue weighted by atomic mass is 9.91. The van der Waals surface area contributed by atoms with Crippen LogP contribution in [0.25, 0.3) is 0 Å². The lowest BCUT2D eigenvalue weighted by Gasteiger charge is -2.34. The highest BCUT2D eigenvalue weighted by Crippen LogP contribution is 2.54. The molecule has 1 spiro atoms. The average molecular weight is 501 g/mol. The molecular formula is C25H26F2N4O5. The Morgan fingerprint density at radius 1 is 1.22 bits per heavy atom. The van der Waals surface area contributed by atoms with Crippen molar-refractivity contribution < 1.29 is 32.6 Å². The van der Waals surface area contributed by atoms with Gasteiger partial charge in [0, 0.05) is 17.8 Å². The zero-order valence-corrected chi connectivity index (χ0v) is 20.0. The van der Waals surface area contributed by atoms with Gasteiger partial charge in [0.2, 0.25) is 11.8 Å². The van der Waals surface area contributed by atoms with E-state index in [1.54, 1.807) is 0 Å². The number of anilines is 1. The third-order valence-corrected chi connectivity index (χ3v) is 7.07. The number of rotatable bonds is 7. The first kappa shape index (κ1) is 24.0. The van der Waals surface area contributed by atoms with Crippen molar-refractivity contribution in [3.8, 4) is 17.5 Å². The summed E-state index contributed by atoms with van der Waals surface area (Å²) in [6.07, 6.45) is 5.74. The molecule has 11 heteroatoms. The molecule has 1 N–H and O–H groups in total. The minimum absolute atomic E-state index is 0.103. The molecule has 5 rings (SSSR count). The molecule has 1 aromatic heterocycles. The predicted octanol–water partition coefficient (Wildman–Crippen LogP) is 2.95.